The zero-order valence-corrected chi connectivity index (χ0v) is 10.5. The Balaban J connectivity index is 2.05. The van der Waals surface area contributed by atoms with Gasteiger partial charge in [-0.15, -0.1) is 0 Å². The lowest BCUT2D eigenvalue weighted by molar-refractivity contribution is 0.188. The van der Waals surface area contributed by atoms with E-state index in [1.54, 1.807) is 7.11 Å². The molecule has 3 heteroatoms. The summed E-state index contributed by atoms with van der Waals surface area (Å²) in [6, 6.07) is 16.9. The first kappa shape index (κ1) is 11.8. The van der Waals surface area contributed by atoms with Crippen molar-refractivity contribution < 1.29 is 14.3 Å². The van der Waals surface area contributed by atoms with Crippen LogP contribution in [0.1, 0.15) is 17.4 Å². The molecule has 0 fully saturated rings. The summed E-state index contributed by atoms with van der Waals surface area (Å²) in [6.45, 7) is 0. The van der Waals surface area contributed by atoms with Gasteiger partial charge in [-0.25, -0.2) is 0 Å². The molecule has 0 spiro atoms. The van der Waals surface area contributed by atoms with E-state index in [1.807, 2.05) is 54.6 Å². The van der Waals surface area contributed by atoms with Gasteiger partial charge in [-0.1, -0.05) is 36.4 Å². The zero-order valence-electron chi connectivity index (χ0n) is 10.5. The standard InChI is InChI=1S/C16H14O3/c1-18-14-9-5-3-7-12(14)16(17)15-10-11-6-2-4-8-13(11)19-15/h2-10,16-17H,1H3. The molecule has 1 N–H and O–H groups in total. The lowest BCUT2D eigenvalue weighted by Crippen LogP contribution is -2.00. The molecule has 3 nitrogen and oxygen atoms in total. The minimum absolute atomic E-state index is 0.519. The molecule has 0 aliphatic carbocycles. The molecule has 1 atom stereocenters. The summed E-state index contributed by atoms with van der Waals surface area (Å²) < 4.78 is 10.9. The maximum atomic E-state index is 10.4. The van der Waals surface area contributed by atoms with Crippen LogP contribution in [0.3, 0.4) is 0 Å². The molecule has 0 amide bonds. The number of rotatable bonds is 3. The lowest BCUT2D eigenvalue weighted by atomic mass is 10.1. The van der Waals surface area contributed by atoms with E-state index >= 15 is 0 Å². The SMILES string of the molecule is COc1ccccc1C(O)c1cc2ccccc2o1. The van der Waals surface area contributed by atoms with Gasteiger partial charge in [0.15, 0.2) is 0 Å². The predicted octanol–water partition coefficient (Wildman–Crippen LogP) is 3.52. The number of aliphatic hydroxyl groups excluding tert-OH is 1. The summed E-state index contributed by atoms with van der Waals surface area (Å²) in [5.74, 6) is 1.17. The number of hydrogen-bond donors (Lipinski definition) is 1. The van der Waals surface area contributed by atoms with Crippen LogP contribution in [0.2, 0.25) is 0 Å². The van der Waals surface area contributed by atoms with Crippen molar-refractivity contribution in [2.45, 2.75) is 6.10 Å². The van der Waals surface area contributed by atoms with Crippen molar-refractivity contribution in [3.05, 3.63) is 65.9 Å². The molecular weight excluding hydrogens is 240 g/mol. The second-order valence-electron chi connectivity index (χ2n) is 4.33. The van der Waals surface area contributed by atoms with E-state index in [9.17, 15) is 5.11 Å². The fraction of sp³-hybridized carbons (Fsp3) is 0.125. The highest BCUT2D eigenvalue weighted by molar-refractivity contribution is 5.77. The summed E-state index contributed by atoms with van der Waals surface area (Å²) in [5.41, 5.74) is 1.47. The van der Waals surface area contributed by atoms with Gasteiger partial charge in [0.05, 0.1) is 7.11 Å². The average Bonchev–Trinajstić information content (AvgIpc) is 2.90. The molecule has 3 rings (SSSR count). The molecule has 1 unspecified atom stereocenters. The average molecular weight is 254 g/mol. The Morgan fingerprint density at radius 2 is 1.79 bits per heavy atom. The van der Waals surface area contributed by atoms with Crippen molar-refractivity contribution in [1.29, 1.82) is 0 Å². The monoisotopic (exact) mass is 254 g/mol. The van der Waals surface area contributed by atoms with Crippen molar-refractivity contribution in [3.63, 3.8) is 0 Å². The molecule has 0 saturated heterocycles. The first-order valence-corrected chi connectivity index (χ1v) is 6.09. The van der Waals surface area contributed by atoms with Crippen LogP contribution < -0.4 is 4.74 Å². The van der Waals surface area contributed by atoms with Gasteiger partial charge in [0.25, 0.3) is 0 Å². The van der Waals surface area contributed by atoms with E-state index in [4.69, 9.17) is 9.15 Å². The molecule has 0 aliphatic heterocycles. The van der Waals surface area contributed by atoms with Crippen molar-refractivity contribution in [1.82, 2.24) is 0 Å². The second-order valence-corrected chi connectivity index (χ2v) is 4.33. The maximum absolute atomic E-state index is 10.4. The van der Waals surface area contributed by atoms with Gasteiger partial charge in [-0.3, -0.25) is 0 Å². The second kappa shape index (κ2) is 4.78. The fourth-order valence-electron chi connectivity index (χ4n) is 2.18. The van der Waals surface area contributed by atoms with E-state index in [-0.39, 0.29) is 0 Å². The molecule has 0 saturated carbocycles. The maximum Gasteiger partial charge on any atom is 0.140 e. The number of hydrogen-bond acceptors (Lipinski definition) is 3. The number of benzene rings is 2. The Kier molecular flexibility index (Phi) is 2.97. The van der Waals surface area contributed by atoms with Crippen LogP contribution in [0.25, 0.3) is 11.0 Å². The van der Waals surface area contributed by atoms with E-state index in [0.29, 0.717) is 17.1 Å². The van der Waals surface area contributed by atoms with Crippen LogP contribution in [0.5, 0.6) is 5.75 Å². The Morgan fingerprint density at radius 1 is 1.05 bits per heavy atom. The third-order valence-electron chi connectivity index (χ3n) is 3.15. The summed E-state index contributed by atoms with van der Waals surface area (Å²) in [6.07, 6.45) is -0.830. The molecule has 1 heterocycles. The van der Waals surface area contributed by atoms with E-state index in [2.05, 4.69) is 0 Å². The molecule has 0 aliphatic rings. The third kappa shape index (κ3) is 2.09. The van der Waals surface area contributed by atoms with Gasteiger partial charge < -0.3 is 14.3 Å². The van der Waals surface area contributed by atoms with Gasteiger partial charge in [0.1, 0.15) is 23.2 Å². The van der Waals surface area contributed by atoms with Gasteiger partial charge in [-0.2, -0.15) is 0 Å². The van der Waals surface area contributed by atoms with Crippen LogP contribution in [0, 0.1) is 0 Å². The first-order chi connectivity index (χ1) is 9.29. The smallest absolute Gasteiger partial charge is 0.140 e. The quantitative estimate of drug-likeness (QED) is 0.777. The number of ether oxygens (including phenoxy) is 1. The summed E-state index contributed by atoms with van der Waals surface area (Å²) >= 11 is 0. The fourth-order valence-corrected chi connectivity index (χ4v) is 2.18. The summed E-state index contributed by atoms with van der Waals surface area (Å²) in [4.78, 5) is 0. The highest BCUT2D eigenvalue weighted by Crippen LogP contribution is 2.32. The minimum atomic E-state index is -0.830. The number of fused-ring (bicyclic) bond motifs is 1. The molecule has 0 bridgehead atoms. The molecule has 1 aromatic heterocycles. The van der Waals surface area contributed by atoms with E-state index in [0.717, 1.165) is 11.0 Å². The topological polar surface area (TPSA) is 42.6 Å². The largest absolute Gasteiger partial charge is 0.496 e. The van der Waals surface area contributed by atoms with E-state index in [1.165, 1.54) is 0 Å². The van der Waals surface area contributed by atoms with Gasteiger partial charge in [0.2, 0.25) is 0 Å². The summed E-state index contributed by atoms with van der Waals surface area (Å²) in [7, 11) is 1.59. The lowest BCUT2D eigenvalue weighted by Gasteiger charge is -2.12. The molecule has 3 aromatic rings. The Hall–Kier alpha value is -2.26. The van der Waals surface area contributed by atoms with Crippen LogP contribution in [0.15, 0.2) is 59.0 Å². The Labute approximate surface area is 111 Å². The molecule has 19 heavy (non-hydrogen) atoms. The number of methoxy groups -OCH3 is 1. The molecular formula is C16H14O3. The van der Waals surface area contributed by atoms with Gasteiger partial charge >= 0.3 is 0 Å². The van der Waals surface area contributed by atoms with Crippen molar-refractivity contribution in [3.8, 4) is 5.75 Å². The predicted molar refractivity (Wildman–Crippen MR) is 73.3 cm³/mol. The highest BCUT2D eigenvalue weighted by atomic mass is 16.5. The minimum Gasteiger partial charge on any atom is -0.496 e. The van der Waals surface area contributed by atoms with Crippen LogP contribution >= 0.6 is 0 Å². The number of aliphatic hydroxyl groups is 1. The van der Waals surface area contributed by atoms with E-state index < -0.39 is 6.10 Å². The summed E-state index contributed by atoms with van der Waals surface area (Å²) in [5, 5.41) is 11.4. The van der Waals surface area contributed by atoms with Crippen molar-refractivity contribution in [2.75, 3.05) is 7.11 Å². The first-order valence-electron chi connectivity index (χ1n) is 6.09. The normalized spacial score (nSPS) is 12.5. The van der Waals surface area contributed by atoms with Crippen LogP contribution in [-0.2, 0) is 0 Å². The van der Waals surface area contributed by atoms with Crippen molar-refractivity contribution in [2.24, 2.45) is 0 Å². The van der Waals surface area contributed by atoms with Crippen LogP contribution in [0.4, 0.5) is 0 Å². The highest BCUT2D eigenvalue weighted by Gasteiger charge is 2.18. The van der Waals surface area contributed by atoms with Crippen LogP contribution in [-0.4, -0.2) is 12.2 Å². The molecule has 0 radical (unpaired) electrons. The van der Waals surface area contributed by atoms with Gasteiger partial charge in [-0.05, 0) is 18.2 Å². The Bertz CT molecular complexity index is 667. The zero-order chi connectivity index (χ0) is 13.2. The third-order valence-corrected chi connectivity index (χ3v) is 3.15. The van der Waals surface area contributed by atoms with Gasteiger partial charge in [0, 0.05) is 10.9 Å². The number of furan rings is 1. The number of para-hydroxylation sites is 2. The Morgan fingerprint density at radius 3 is 2.58 bits per heavy atom. The molecule has 96 valence electrons. The van der Waals surface area contributed by atoms with Crippen molar-refractivity contribution >= 4 is 11.0 Å². The molecule has 2 aromatic carbocycles.